The van der Waals surface area contributed by atoms with Crippen LogP contribution >= 0.6 is 11.8 Å². The van der Waals surface area contributed by atoms with Crippen LogP contribution < -0.4 is 0 Å². The topological polar surface area (TPSA) is 30.2 Å². The Morgan fingerprint density at radius 1 is 1.40 bits per heavy atom. The summed E-state index contributed by atoms with van der Waals surface area (Å²) in [4.78, 5) is 8.85. The van der Waals surface area contributed by atoms with Crippen LogP contribution in [0.1, 0.15) is 32.1 Å². The van der Waals surface area contributed by atoms with Crippen molar-refractivity contribution in [1.29, 1.82) is 0 Å². The van der Waals surface area contributed by atoms with Crippen LogP contribution in [0.15, 0.2) is 23.7 Å². The van der Waals surface area contributed by atoms with Gasteiger partial charge in [-0.05, 0) is 19.1 Å². The van der Waals surface area contributed by atoms with Crippen molar-refractivity contribution in [3.63, 3.8) is 0 Å². The van der Waals surface area contributed by atoms with Crippen LogP contribution in [0.4, 0.5) is 0 Å². The second-order valence-corrected chi connectivity index (χ2v) is 4.65. The molecule has 2 rings (SSSR count). The third-order valence-electron chi connectivity index (χ3n) is 2.78. The van der Waals surface area contributed by atoms with Crippen LogP contribution in [0, 0.1) is 0 Å². The molecule has 1 saturated carbocycles. The van der Waals surface area contributed by atoms with Crippen LogP contribution in [0.5, 0.6) is 0 Å². The van der Waals surface area contributed by atoms with E-state index in [4.69, 9.17) is 4.99 Å². The van der Waals surface area contributed by atoms with Crippen molar-refractivity contribution in [2.45, 2.75) is 38.1 Å². The van der Waals surface area contributed by atoms with E-state index in [-0.39, 0.29) is 0 Å². The Bertz CT molecular complexity index is 313. The largest absolute Gasteiger partial charge is 0.285 e. The van der Waals surface area contributed by atoms with E-state index in [1.54, 1.807) is 18.0 Å². The van der Waals surface area contributed by atoms with Gasteiger partial charge in [-0.1, -0.05) is 31.0 Å². The summed E-state index contributed by atoms with van der Waals surface area (Å²) in [7, 11) is 0. The molecule has 1 aromatic heterocycles. The maximum Gasteiger partial charge on any atom is 0.168 e. The first-order valence-corrected chi connectivity index (χ1v) is 6.73. The van der Waals surface area contributed by atoms with Gasteiger partial charge in [0, 0.05) is 12.4 Å². The molecule has 1 heterocycles. The maximum atomic E-state index is 4.80. The lowest BCUT2D eigenvalue weighted by atomic mass is 9.96. The Balaban J connectivity index is 2.08. The molecule has 1 aromatic rings. The van der Waals surface area contributed by atoms with Gasteiger partial charge in [0.2, 0.25) is 0 Å². The predicted octanol–water partition coefficient (Wildman–Crippen LogP) is 2.78. The van der Waals surface area contributed by atoms with Gasteiger partial charge in [0.15, 0.2) is 5.17 Å². The molecule has 0 radical (unpaired) electrons. The van der Waals surface area contributed by atoms with Gasteiger partial charge < -0.3 is 0 Å². The summed E-state index contributed by atoms with van der Waals surface area (Å²) in [5, 5.41) is 1.07. The average Bonchev–Trinajstić information content (AvgIpc) is 2.81. The van der Waals surface area contributed by atoms with Crippen LogP contribution in [-0.2, 0) is 0 Å². The fourth-order valence-corrected chi connectivity index (χ4v) is 2.54. The van der Waals surface area contributed by atoms with E-state index in [0.29, 0.717) is 6.04 Å². The zero-order valence-electron chi connectivity index (χ0n) is 9.09. The molecule has 4 heteroatoms. The first-order chi connectivity index (χ1) is 7.40. The number of nitrogens with zero attached hydrogens (tertiary/aromatic N) is 3. The standard InChI is InChI=1S/C11H17N3S/c1-15-11(14-8-7-12-9-14)13-10-5-3-2-4-6-10/h7-10H,2-6H2,1H3. The lowest BCUT2D eigenvalue weighted by Crippen LogP contribution is -2.15. The monoisotopic (exact) mass is 223 g/mol. The average molecular weight is 223 g/mol. The summed E-state index contributed by atoms with van der Waals surface area (Å²) in [6.07, 6.45) is 14.2. The van der Waals surface area contributed by atoms with E-state index in [9.17, 15) is 0 Å². The van der Waals surface area contributed by atoms with E-state index in [0.717, 1.165) is 5.17 Å². The molecule has 0 N–H and O–H groups in total. The Morgan fingerprint density at radius 3 is 2.80 bits per heavy atom. The Hall–Kier alpha value is -0.770. The molecule has 0 spiro atoms. The highest BCUT2D eigenvalue weighted by Gasteiger charge is 2.13. The lowest BCUT2D eigenvalue weighted by molar-refractivity contribution is 0.443. The molecule has 0 atom stereocenters. The maximum absolute atomic E-state index is 4.80. The first-order valence-electron chi connectivity index (χ1n) is 5.50. The van der Waals surface area contributed by atoms with Crippen molar-refractivity contribution in [2.24, 2.45) is 4.99 Å². The number of hydrogen-bond acceptors (Lipinski definition) is 3. The number of aromatic nitrogens is 2. The number of aliphatic imine (C=N–C) groups is 1. The zero-order valence-corrected chi connectivity index (χ0v) is 9.91. The van der Waals surface area contributed by atoms with Crippen molar-refractivity contribution in [1.82, 2.24) is 9.55 Å². The summed E-state index contributed by atoms with van der Waals surface area (Å²) in [5.74, 6) is 0. The molecule has 1 aliphatic rings. The van der Waals surface area contributed by atoms with Gasteiger partial charge in [0.25, 0.3) is 0 Å². The van der Waals surface area contributed by atoms with Gasteiger partial charge in [-0.2, -0.15) is 0 Å². The minimum Gasteiger partial charge on any atom is -0.285 e. The van der Waals surface area contributed by atoms with E-state index >= 15 is 0 Å². The third kappa shape index (κ3) is 2.84. The van der Waals surface area contributed by atoms with Crippen LogP contribution in [0.3, 0.4) is 0 Å². The number of imidazole rings is 1. The molecule has 0 aliphatic heterocycles. The number of hydrogen-bond donors (Lipinski definition) is 0. The van der Waals surface area contributed by atoms with Crippen LogP contribution in [0.2, 0.25) is 0 Å². The molecular weight excluding hydrogens is 206 g/mol. The number of thioether (sulfide) groups is 1. The Kier molecular flexibility index (Phi) is 3.83. The van der Waals surface area contributed by atoms with Gasteiger partial charge in [0.05, 0.1) is 6.04 Å². The van der Waals surface area contributed by atoms with E-state index in [1.165, 1.54) is 32.1 Å². The molecule has 0 aromatic carbocycles. The van der Waals surface area contributed by atoms with Crippen molar-refractivity contribution in [2.75, 3.05) is 6.26 Å². The fourth-order valence-electron chi connectivity index (χ4n) is 1.96. The molecule has 82 valence electrons. The molecule has 1 aliphatic carbocycles. The SMILES string of the molecule is CSC(=NC1CCCCC1)n1ccnc1. The summed E-state index contributed by atoms with van der Waals surface area (Å²) >= 11 is 1.69. The quantitative estimate of drug-likeness (QED) is 0.541. The van der Waals surface area contributed by atoms with Gasteiger partial charge in [0.1, 0.15) is 6.33 Å². The molecular formula is C11H17N3S. The molecule has 1 fully saturated rings. The summed E-state index contributed by atoms with van der Waals surface area (Å²) < 4.78 is 2.00. The van der Waals surface area contributed by atoms with Crippen LogP contribution in [-0.4, -0.2) is 27.0 Å². The highest BCUT2D eigenvalue weighted by molar-refractivity contribution is 8.13. The smallest absolute Gasteiger partial charge is 0.168 e. The van der Waals surface area contributed by atoms with E-state index in [2.05, 4.69) is 11.2 Å². The van der Waals surface area contributed by atoms with Gasteiger partial charge in [-0.25, -0.2) is 4.98 Å². The lowest BCUT2D eigenvalue weighted by Gasteiger charge is -2.18. The molecule has 15 heavy (non-hydrogen) atoms. The second kappa shape index (κ2) is 5.35. The molecule has 0 amide bonds. The second-order valence-electron chi connectivity index (χ2n) is 3.88. The van der Waals surface area contributed by atoms with Crippen molar-refractivity contribution in [3.05, 3.63) is 18.7 Å². The van der Waals surface area contributed by atoms with E-state index in [1.807, 2.05) is 17.1 Å². The molecule has 3 nitrogen and oxygen atoms in total. The first kappa shape index (κ1) is 10.7. The van der Waals surface area contributed by atoms with Crippen molar-refractivity contribution in [3.8, 4) is 0 Å². The molecule has 0 saturated heterocycles. The molecule has 0 bridgehead atoms. The van der Waals surface area contributed by atoms with Crippen LogP contribution in [0.25, 0.3) is 0 Å². The molecule has 0 unspecified atom stereocenters. The fraction of sp³-hybridized carbons (Fsp3) is 0.636. The van der Waals surface area contributed by atoms with Gasteiger partial charge in [-0.3, -0.25) is 9.56 Å². The summed E-state index contributed by atoms with van der Waals surface area (Å²) in [6, 6.07) is 0.531. The minimum atomic E-state index is 0.531. The van der Waals surface area contributed by atoms with Crippen molar-refractivity contribution >= 4 is 16.9 Å². The predicted molar refractivity (Wildman–Crippen MR) is 65.4 cm³/mol. The third-order valence-corrected chi connectivity index (χ3v) is 3.46. The zero-order chi connectivity index (χ0) is 10.5. The summed E-state index contributed by atoms with van der Waals surface area (Å²) in [6.45, 7) is 0. The number of rotatable bonds is 1. The summed E-state index contributed by atoms with van der Waals surface area (Å²) in [5.41, 5.74) is 0. The highest BCUT2D eigenvalue weighted by Crippen LogP contribution is 2.21. The minimum absolute atomic E-state index is 0.531. The van der Waals surface area contributed by atoms with Gasteiger partial charge in [-0.15, -0.1) is 0 Å². The Labute approximate surface area is 95.0 Å². The Morgan fingerprint density at radius 2 is 2.20 bits per heavy atom. The highest BCUT2D eigenvalue weighted by atomic mass is 32.2. The van der Waals surface area contributed by atoms with Crippen molar-refractivity contribution < 1.29 is 0 Å². The van der Waals surface area contributed by atoms with Gasteiger partial charge >= 0.3 is 0 Å². The van der Waals surface area contributed by atoms with E-state index < -0.39 is 0 Å². The normalized spacial score (nSPS) is 19.4.